The number of rotatable bonds is 6. The van der Waals surface area contributed by atoms with Gasteiger partial charge in [-0.2, -0.15) is 0 Å². The molecule has 1 aromatic carbocycles. The van der Waals surface area contributed by atoms with Crippen LogP contribution in [-0.2, 0) is 11.3 Å². The number of nitrogens with one attached hydrogen (secondary N) is 2. The Labute approximate surface area is 130 Å². The quantitative estimate of drug-likeness (QED) is 0.861. The SMILES string of the molecule is O=C(CNc1ccc(N2CCCC2)cc1)NCc1ccco1. The van der Waals surface area contributed by atoms with Gasteiger partial charge in [0.2, 0.25) is 5.91 Å². The van der Waals surface area contributed by atoms with Crippen LogP contribution in [0.3, 0.4) is 0 Å². The maximum atomic E-state index is 11.8. The molecule has 0 spiro atoms. The van der Waals surface area contributed by atoms with Crippen LogP contribution in [-0.4, -0.2) is 25.5 Å². The summed E-state index contributed by atoms with van der Waals surface area (Å²) in [7, 11) is 0. The van der Waals surface area contributed by atoms with Crippen molar-refractivity contribution >= 4 is 17.3 Å². The number of carbonyl (C=O) groups excluding carboxylic acids is 1. The molecule has 1 aromatic heterocycles. The van der Waals surface area contributed by atoms with Crippen molar-refractivity contribution in [2.75, 3.05) is 29.9 Å². The fraction of sp³-hybridized carbons (Fsp3) is 0.353. The van der Waals surface area contributed by atoms with E-state index in [-0.39, 0.29) is 12.5 Å². The lowest BCUT2D eigenvalue weighted by Crippen LogP contribution is -2.29. The highest BCUT2D eigenvalue weighted by atomic mass is 16.3. The second kappa shape index (κ2) is 7.02. The first-order chi connectivity index (χ1) is 10.8. The van der Waals surface area contributed by atoms with Gasteiger partial charge in [-0.15, -0.1) is 0 Å². The topological polar surface area (TPSA) is 57.5 Å². The molecule has 1 amide bonds. The predicted molar refractivity (Wildman–Crippen MR) is 86.9 cm³/mol. The summed E-state index contributed by atoms with van der Waals surface area (Å²) in [5, 5.41) is 5.94. The molecule has 0 aliphatic carbocycles. The van der Waals surface area contributed by atoms with Gasteiger partial charge in [-0.05, 0) is 49.2 Å². The van der Waals surface area contributed by atoms with Gasteiger partial charge >= 0.3 is 0 Å². The molecule has 2 aromatic rings. The third kappa shape index (κ3) is 3.81. The van der Waals surface area contributed by atoms with Crippen molar-refractivity contribution in [3.63, 3.8) is 0 Å². The zero-order chi connectivity index (χ0) is 15.2. The number of nitrogens with zero attached hydrogens (tertiary/aromatic N) is 1. The Morgan fingerprint density at radius 3 is 2.59 bits per heavy atom. The Hall–Kier alpha value is -2.43. The van der Waals surface area contributed by atoms with E-state index in [2.05, 4.69) is 27.7 Å². The minimum Gasteiger partial charge on any atom is -0.467 e. The smallest absolute Gasteiger partial charge is 0.239 e. The first-order valence-corrected chi connectivity index (χ1v) is 7.69. The molecule has 0 radical (unpaired) electrons. The lowest BCUT2D eigenvalue weighted by molar-refractivity contribution is -0.119. The maximum Gasteiger partial charge on any atom is 0.239 e. The Bertz CT molecular complexity index is 587. The van der Waals surface area contributed by atoms with E-state index in [1.807, 2.05) is 24.3 Å². The predicted octanol–water partition coefficient (Wildman–Crippen LogP) is 2.61. The molecule has 1 fully saturated rings. The lowest BCUT2D eigenvalue weighted by atomic mass is 10.2. The zero-order valence-electron chi connectivity index (χ0n) is 12.5. The van der Waals surface area contributed by atoms with Gasteiger partial charge in [0.05, 0.1) is 19.4 Å². The van der Waals surface area contributed by atoms with Gasteiger partial charge in [0.15, 0.2) is 0 Å². The number of hydrogen-bond donors (Lipinski definition) is 2. The van der Waals surface area contributed by atoms with Gasteiger partial charge in [0.1, 0.15) is 5.76 Å². The van der Waals surface area contributed by atoms with Crippen LogP contribution in [0.2, 0.25) is 0 Å². The lowest BCUT2D eigenvalue weighted by Gasteiger charge is -2.17. The van der Waals surface area contributed by atoms with Gasteiger partial charge in [0.25, 0.3) is 0 Å². The van der Waals surface area contributed by atoms with Crippen molar-refractivity contribution in [3.05, 3.63) is 48.4 Å². The van der Waals surface area contributed by atoms with Gasteiger partial charge in [0, 0.05) is 24.5 Å². The molecule has 3 rings (SSSR count). The molecule has 1 aliphatic rings. The van der Waals surface area contributed by atoms with Crippen molar-refractivity contribution < 1.29 is 9.21 Å². The largest absolute Gasteiger partial charge is 0.467 e. The first kappa shape index (κ1) is 14.5. The number of hydrogen-bond acceptors (Lipinski definition) is 4. The first-order valence-electron chi connectivity index (χ1n) is 7.69. The Morgan fingerprint density at radius 1 is 1.14 bits per heavy atom. The molecule has 1 saturated heterocycles. The summed E-state index contributed by atoms with van der Waals surface area (Å²) < 4.78 is 5.17. The van der Waals surface area contributed by atoms with E-state index in [0.717, 1.165) is 24.5 Å². The molecule has 5 heteroatoms. The summed E-state index contributed by atoms with van der Waals surface area (Å²) in [6.07, 6.45) is 4.15. The summed E-state index contributed by atoms with van der Waals surface area (Å²) in [5.74, 6) is 0.698. The van der Waals surface area contributed by atoms with Crippen molar-refractivity contribution in [2.45, 2.75) is 19.4 Å². The summed E-state index contributed by atoms with van der Waals surface area (Å²) in [4.78, 5) is 14.2. The molecular weight excluding hydrogens is 278 g/mol. The molecule has 2 heterocycles. The second-order valence-corrected chi connectivity index (χ2v) is 5.45. The highest BCUT2D eigenvalue weighted by Crippen LogP contribution is 2.21. The number of anilines is 2. The zero-order valence-corrected chi connectivity index (χ0v) is 12.5. The third-order valence-corrected chi connectivity index (χ3v) is 3.83. The number of carbonyl (C=O) groups is 1. The maximum absolute atomic E-state index is 11.8. The average Bonchev–Trinajstić information content (AvgIpc) is 3.24. The van der Waals surface area contributed by atoms with Crippen molar-refractivity contribution in [1.29, 1.82) is 0 Å². The Morgan fingerprint density at radius 2 is 1.91 bits per heavy atom. The van der Waals surface area contributed by atoms with E-state index in [0.29, 0.717) is 6.54 Å². The third-order valence-electron chi connectivity index (χ3n) is 3.83. The van der Waals surface area contributed by atoms with Crippen molar-refractivity contribution in [3.8, 4) is 0 Å². The van der Waals surface area contributed by atoms with Crippen LogP contribution in [0.15, 0.2) is 47.1 Å². The number of furan rings is 1. The number of benzene rings is 1. The van der Waals surface area contributed by atoms with Gasteiger partial charge in [-0.1, -0.05) is 0 Å². The number of amides is 1. The Balaban J connectivity index is 1.43. The fourth-order valence-electron chi connectivity index (χ4n) is 2.61. The molecule has 116 valence electrons. The molecule has 5 nitrogen and oxygen atoms in total. The van der Waals surface area contributed by atoms with Gasteiger partial charge in [-0.3, -0.25) is 4.79 Å². The van der Waals surface area contributed by atoms with Crippen LogP contribution in [0.5, 0.6) is 0 Å². The molecule has 0 bridgehead atoms. The molecule has 0 unspecified atom stereocenters. The van der Waals surface area contributed by atoms with E-state index in [1.54, 1.807) is 6.26 Å². The van der Waals surface area contributed by atoms with Crippen molar-refractivity contribution in [2.24, 2.45) is 0 Å². The van der Waals surface area contributed by atoms with Crippen LogP contribution < -0.4 is 15.5 Å². The van der Waals surface area contributed by atoms with Crippen LogP contribution in [0.4, 0.5) is 11.4 Å². The average molecular weight is 299 g/mol. The van der Waals surface area contributed by atoms with E-state index < -0.39 is 0 Å². The van der Waals surface area contributed by atoms with E-state index in [9.17, 15) is 4.79 Å². The molecule has 2 N–H and O–H groups in total. The second-order valence-electron chi connectivity index (χ2n) is 5.45. The van der Waals surface area contributed by atoms with E-state index in [1.165, 1.54) is 18.5 Å². The van der Waals surface area contributed by atoms with Gasteiger partial charge in [-0.25, -0.2) is 0 Å². The van der Waals surface area contributed by atoms with Crippen LogP contribution in [0.1, 0.15) is 18.6 Å². The summed E-state index contributed by atoms with van der Waals surface area (Å²) in [6, 6.07) is 11.9. The molecule has 22 heavy (non-hydrogen) atoms. The molecule has 1 aliphatic heterocycles. The van der Waals surface area contributed by atoms with E-state index in [4.69, 9.17) is 4.42 Å². The molecular formula is C17H21N3O2. The summed E-state index contributed by atoms with van der Waals surface area (Å²) >= 11 is 0. The highest BCUT2D eigenvalue weighted by Gasteiger charge is 2.11. The van der Waals surface area contributed by atoms with Crippen LogP contribution in [0.25, 0.3) is 0 Å². The van der Waals surface area contributed by atoms with E-state index >= 15 is 0 Å². The molecule has 0 saturated carbocycles. The molecule has 0 atom stereocenters. The minimum absolute atomic E-state index is 0.0555. The Kier molecular flexibility index (Phi) is 4.63. The summed E-state index contributed by atoms with van der Waals surface area (Å²) in [5.41, 5.74) is 2.21. The monoisotopic (exact) mass is 299 g/mol. The standard InChI is InChI=1S/C17H21N3O2/c21-17(19-12-16-4-3-11-22-16)13-18-14-5-7-15(8-6-14)20-9-1-2-10-20/h3-8,11,18H,1-2,9-10,12-13H2,(H,19,21). The van der Waals surface area contributed by atoms with Crippen LogP contribution in [0, 0.1) is 0 Å². The normalized spacial score (nSPS) is 14.1. The summed E-state index contributed by atoms with van der Waals surface area (Å²) in [6.45, 7) is 2.95. The van der Waals surface area contributed by atoms with Crippen LogP contribution >= 0.6 is 0 Å². The highest BCUT2D eigenvalue weighted by molar-refractivity contribution is 5.80. The fourth-order valence-corrected chi connectivity index (χ4v) is 2.61. The minimum atomic E-state index is -0.0555. The van der Waals surface area contributed by atoms with Crippen molar-refractivity contribution in [1.82, 2.24) is 5.32 Å². The van der Waals surface area contributed by atoms with Gasteiger partial charge < -0.3 is 20.0 Å².